The first-order chi connectivity index (χ1) is 11.9. The average Bonchev–Trinajstić information content (AvgIpc) is 2.98. The van der Waals surface area contributed by atoms with Crippen LogP contribution >= 0.6 is 11.6 Å². The first kappa shape index (κ1) is 17.4. The first-order valence-electron chi connectivity index (χ1n) is 7.37. The molecule has 2 N–H and O–H groups in total. The second-order valence-corrected chi connectivity index (χ2v) is 7.55. The third-order valence-electron chi connectivity index (χ3n) is 3.77. The molecule has 0 fully saturated rings. The van der Waals surface area contributed by atoms with Crippen molar-refractivity contribution in [1.82, 2.24) is 9.71 Å². The zero-order chi connectivity index (χ0) is 18.0. The quantitative estimate of drug-likeness (QED) is 0.506. The zero-order valence-corrected chi connectivity index (χ0v) is 14.5. The molecule has 2 aromatic carbocycles. The molecule has 0 amide bonds. The van der Waals surface area contributed by atoms with Crippen molar-refractivity contribution in [3.8, 4) is 0 Å². The van der Waals surface area contributed by atoms with Crippen LogP contribution in [0.5, 0.6) is 0 Å². The van der Waals surface area contributed by atoms with E-state index in [2.05, 4.69) is 9.71 Å². The average molecular weight is 380 g/mol. The SMILES string of the molecule is O=[N+]([O-])c1cc(Cl)ccc1S(=O)(=O)NCCc1c[nH]c2ccccc12. The molecule has 9 heteroatoms. The Labute approximate surface area is 148 Å². The van der Waals surface area contributed by atoms with Crippen molar-refractivity contribution in [2.75, 3.05) is 6.54 Å². The van der Waals surface area contributed by atoms with Crippen molar-refractivity contribution in [2.45, 2.75) is 11.3 Å². The van der Waals surface area contributed by atoms with Gasteiger partial charge in [-0.15, -0.1) is 0 Å². The molecular weight excluding hydrogens is 366 g/mol. The van der Waals surface area contributed by atoms with Crippen molar-refractivity contribution in [3.05, 3.63) is 69.4 Å². The molecule has 0 aliphatic rings. The molecule has 0 unspecified atom stereocenters. The van der Waals surface area contributed by atoms with Crippen LogP contribution in [-0.4, -0.2) is 24.9 Å². The van der Waals surface area contributed by atoms with E-state index in [-0.39, 0.29) is 11.6 Å². The molecule has 0 radical (unpaired) electrons. The highest BCUT2D eigenvalue weighted by molar-refractivity contribution is 7.89. The smallest absolute Gasteiger partial charge is 0.290 e. The van der Waals surface area contributed by atoms with Crippen LogP contribution in [0.1, 0.15) is 5.56 Å². The predicted molar refractivity (Wildman–Crippen MR) is 95.3 cm³/mol. The molecule has 0 aliphatic heterocycles. The molecule has 3 rings (SSSR count). The summed E-state index contributed by atoms with van der Waals surface area (Å²) in [6.45, 7) is 0.115. The number of fused-ring (bicyclic) bond motifs is 1. The van der Waals surface area contributed by atoms with E-state index in [4.69, 9.17) is 11.6 Å². The number of nitrogens with one attached hydrogen (secondary N) is 2. The summed E-state index contributed by atoms with van der Waals surface area (Å²) < 4.78 is 27.2. The van der Waals surface area contributed by atoms with Crippen LogP contribution in [-0.2, 0) is 16.4 Å². The summed E-state index contributed by atoms with van der Waals surface area (Å²) in [6.07, 6.45) is 2.27. The Bertz CT molecular complexity index is 1050. The molecule has 1 aromatic heterocycles. The lowest BCUT2D eigenvalue weighted by atomic mass is 10.1. The zero-order valence-electron chi connectivity index (χ0n) is 12.9. The third kappa shape index (κ3) is 3.65. The highest BCUT2D eigenvalue weighted by Crippen LogP contribution is 2.27. The van der Waals surface area contributed by atoms with E-state index in [0.717, 1.165) is 28.6 Å². The van der Waals surface area contributed by atoms with E-state index < -0.39 is 25.5 Å². The van der Waals surface area contributed by atoms with E-state index in [1.54, 1.807) is 0 Å². The molecule has 25 heavy (non-hydrogen) atoms. The van der Waals surface area contributed by atoms with Gasteiger partial charge in [0, 0.05) is 34.7 Å². The number of nitro groups is 1. The molecule has 130 valence electrons. The molecule has 3 aromatic rings. The molecule has 7 nitrogen and oxygen atoms in total. The van der Waals surface area contributed by atoms with Crippen LogP contribution < -0.4 is 4.72 Å². The minimum absolute atomic E-state index is 0.101. The molecule has 0 saturated carbocycles. The molecule has 0 aliphatic carbocycles. The first-order valence-corrected chi connectivity index (χ1v) is 9.23. The van der Waals surface area contributed by atoms with Crippen molar-refractivity contribution < 1.29 is 13.3 Å². The number of sulfonamides is 1. The number of nitro benzene ring substituents is 1. The number of hydrogen-bond donors (Lipinski definition) is 2. The second-order valence-electron chi connectivity index (χ2n) is 5.38. The highest BCUT2D eigenvalue weighted by Gasteiger charge is 2.25. The van der Waals surface area contributed by atoms with Crippen molar-refractivity contribution in [1.29, 1.82) is 0 Å². The minimum Gasteiger partial charge on any atom is -0.361 e. The Hall–Kier alpha value is -2.42. The fourth-order valence-electron chi connectivity index (χ4n) is 2.60. The van der Waals surface area contributed by atoms with Crippen LogP contribution in [0.3, 0.4) is 0 Å². The largest absolute Gasteiger partial charge is 0.361 e. The number of benzene rings is 2. The lowest BCUT2D eigenvalue weighted by Gasteiger charge is -2.07. The number of para-hydroxylation sites is 1. The number of rotatable bonds is 6. The minimum atomic E-state index is -4.02. The van der Waals surface area contributed by atoms with E-state index in [9.17, 15) is 18.5 Å². The maximum absolute atomic E-state index is 12.4. The van der Waals surface area contributed by atoms with E-state index in [1.165, 1.54) is 6.07 Å². The Morgan fingerprint density at radius 3 is 2.72 bits per heavy atom. The molecule has 0 spiro atoms. The van der Waals surface area contributed by atoms with Crippen LogP contribution in [0, 0.1) is 10.1 Å². The van der Waals surface area contributed by atoms with Crippen molar-refractivity contribution >= 4 is 38.2 Å². The van der Waals surface area contributed by atoms with Crippen molar-refractivity contribution in [2.24, 2.45) is 0 Å². The number of aromatic nitrogens is 1. The number of hydrogen-bond acceptors (Lipinski definition) is 4. The van der Waals surface area contributed by atoms with Gasteiger partial charge in [-0.3, -0.25) is 10.1 Å². The van der Waals surface area contributed by atoms with Crippen LogP contribution in [0.4, 0.5) is 5.69 Å². The Kier molecular flexibility index (Phi) is 4.76. The topological polar surface area (TPSA) is 105 Å². The van der Waals surface area contributed by atoms with E-state index in [1.807, 2.05) is 30.5 Å². The van der Waals surface area contributed by atoms with Gasteiger partial charge in [0.15, 0.2) is 4.90 Å². The fraction of sp³-hybridized carbons (Fsp3) is 0.125. The molecule has 0 atom stereocenters. The van der Waals surface area contributed by atoms with Crippen LogP contribution in [0.25, 0.3) is 10.9 Å². The number of H-pyrrole nitrogens is 1. The standard InChI is InChI=1S/C16H14ClN3O4S/c17-12-5-6-16(15(9-12)20(21)22)25(23,24)19-8-7-11-10-18-14-4-2-1-3-13(11)14/h1-6,9-10,18-19H,7-8H2. The van der Waals surface area contributed by atoms with Gasteiger partial charge in [0.1, 0.15) is 0 Å². The summed E-state index contributed by atoms with van der Waals surface area (Å²) in [5.41, 5.74) is 1.38. The van der Waals surface area contributed by atoms with Gasteiger partial charge < -0.3 is 4.98 Å². The van der Waals surface area contributed by atoms with Crippen LogP contribution in [0.15, 0.2) is 53.6 Å². The normalized spacial score (nSPS) is 11.7. The number of nitrogens with zero attached hydrogens (tertiary/aromatic N) is 1. The van der Waals surface area contributed by atoms with Crippen molar-refractivity contribution in [3.63, 3.8) is 0 Å². The number of aromatic amines is 1. The second kappa shape index (κ2) is 6.83. The summed E-state index contributed by atoms with van der Waals surface area (Å²) in [5, 5.41) is 12.2. The Balaban J connectivity index is 1.78. The molecular formula is C16H14ClN3O4S. The van der Waals surface area contributed by atoms with E-state index >= 15 is 0 Å². The van der Waals surface area contributed by atoms with Gasteiger partial charge in [0.05, 0.1) is 4.92 Å². The van der Waals surface area contributed by atoms with Gasteiger partial charge in [0.25, 0.3) is 5.69 Å². The number of halogens is 1. The highest BCUT2D eigenvalue weighted by atomic mass is 35.5. The fourth-order valence-corrected chi connectivity index (χ4v) is 3.95. The summed E-state index contributed by atoms with van der Waals surface area (Å²) in [4.78, 5) is 13.0. The monoisotopic (exact) mass is 379 g/mol. The maximum atomic E-state index is 12.4. The summed E-state index contributed by atoms with van der Waals surface area (Å²) in [6, 6.07) is 11.2. The van der Waals surface area contributed by atoms with Gasteiger partial charge in [-0.1, -0.05) is 29.8 Å². The van der Waals surface area contributed by atoms with Gasteiger partial charge in [-0.2, -0.15) is 0 Å². The Morgan fingerprint density at radius 1 is 1.20 bits per heavy atom. The Morgan fingerprint density at radius 2 is 1.96 bits per heavy atom. The van der Waals surface area contributed by atoms with Crippen LogP contribution in [0.2, 0.25) is 5.02 Å². The summed E-state index contributed by atoms with van der Waals surface area (Å²) >= 11 is 5.72. The molecule has 1 heterocycles. The summed E-state index contributed by atoms with van der Waals surface area (Å²) in [5.74, 6) is 0. The predicted octanol–water partition coefficient (Wildman–Crippen LogP) is 3.25. The molecule has 0 saturated heterocycles. The van der Waals surface area contributed by atoms with Gasteiger partial charge >= 0.3 is 0 Å². The van der Waals surface area contributed by atoms with Gasteiger partial charge in [-0.05, 0) is 30.2 Å². The maximum Gasteiger partial charge on any atom is 0.290 e. The van der Waals surface area contributed by atoms with E-state index in [0.29, 0.717) is 6.42 Å². The lowest BCUT2D eigenvalue weighted by molar-refractivity contribution is -0.387. The third-order valence-corrected chi connectivity index (χ3v) is 5.51. The molecule has 0 bridgehead atoms. The van der Waals surface area contributed by atoms with Gasteiger partial charge in [0.2, 0.25) is 10.0 Å². The summed E-state index contributed by atoms with van der Waals surface area (Å²) in [7, 11) is -4.02. The lowest BCUT2D eigenvalue weighted by Crippen LogP contribution is -2.26. The van der Waals surface area contributed by atoms with Gasteiger partial charge in [-0.25, -0.2) is 13.1 Å².